The number of hydrogen-bond acceptors (Lipinski definition) is 2. The fourth-order valence-corrected chi connectivity index (χ4v) is 3.20. The molecule has 2 aliphatic rings. The van der Waals surface area contributed by atoms with Crippen molar-refractivity contribution in [1.29, 1.82) is 0 Å². The number of carbonyl (C=O) groups is 1. The van der Waals surface area contributed by atoms with Crippen molar-refractivity contribution in [3.05, 3.63) is 0 Å². The van der Waals surface area contributed by atoms with Crippen LogP contribution in [0, 0.1) is 23.2 Å². The quantitative estimate of drug-likeness (QED) is 0.696. The predicted molar refractivity (Wildman–Crippen MR) is 54.8 cm³/mol. The maximum Gasteiger partial charge on any atom is 0.141 e. The Morgan fingerprint density at radius 2 is 1.93 bits per heavy atom. The Kier molecular flexibility index (Phi) is 2.22. The molecule has 0 radical (unpaired) electrons. The van der Waals surface area contributed by atoms with Gasteiger partial charge >= 0.3 is 0 Å². The Hall–Kier alpha value is -0.370. The van der Waals surface area contributed by atoms with Gasteiger partial charge in [-0.25, -0.2) is 0 Å². The summed E-state index contributed by atoms with van der Waals surface area (Å²) >= 11 is 0. The Labute approximate surface area is 85.7 Å². The van der Waals surface area contributed by atoms with Crippen molar-refractivity contribution in [3.8, 4) is 0 Å². The van der Waals surface area contributed by atoms with E-state index in [1.165, 1.54) is 0 Å². The highest BCUT2D eigenvalue weighted by molar-refractivity contribution is 5.87. The van der Waals surface area contributed by atoms with Gasteiger partial charge in [0.05, 0.1) is 6.10 Å². The number of carbonyl (C=O) groups excluding carboxylic acids is 1. The number of fused-ring (bicyclic) bond motifs is 2. The normalized spacial score (nSPS) is 41.7. The summed E-state index contributed by atoms with van der Waals surface area (Å²) in [5, 5.41) is 9.75. The second kappa shape index (κ2) is 3.06. The van der Waals surface area contributed by atoms with E-state index in [1.807, 2.05) is 20.8 Å². The first kappa shape index (κ1) is 10.2. The molecule has 1 N–H and O–H groups in total. The Balaban J connectivity index is 2.17. The number of ketones is 1. The van der Waals surface area contributed by atoms with E-state index in [2.05, 4.69) is 0 Å². The van der Waals surface area contributed by atoms with Crippen molar-refractivity contribution in [2.75, 3.05) is 0 Å². The minimum absolute atomic E-state index is 0.157. The van der Waals surface area contributed by atoms with Gasteiger partial charge in [-0.1, -0.05) is 20.8 Å². The molecule has 0 saturated heterocycles. The summed E-state index contributed by atoms with van der Waals surface area (Å²) in [5.74, 6) is 1.26. The largest absolute Gasteiger partial charge is 0.393 e. The molecule has 0 spiro atoms. The van der Waals surface area contributed by atoms with Crippen molar-refractivity contribution in [1.82, 2.24) is 0 Å². The van der Waals surface area contributed by atoms with Crippen LogP contribution in [0.4, 0.5) is 0 Å². The molecule has 0 amide bonds. The minimum Gasteiger partial charge on any atom is -0.393 e. The fraction of sp³-hybridized carbons (Fsp3) is 0.917. The Bertz CT molecular complexity index is 252. The van der Waals surface area contributed by atoms with Crippen LogP contribution in [0.25, 0.3) is 0 Å². The van der Waals surface area contributed by atoms with Gasteiger partial charge < -0.3 is 5.11 Å². The summed E-state index contributed by atoms with van der Waals surface area (Å²) < 4.78 is 0. The molecule has 2 bridgehead atoms. The predicted octanol–water partition coefficient (Wildman–Crippen LogP) is 2.01. The first-order valence-corrected chi connectivity index (χ1v) is 5.63. The molecular formula is C12H20O2. The molecule has 0 aromatic carbocycles. The van der Waals surface area contributed by atoms with Crippen molar-refractivity contribution < 1.29 is 9.90 Å². The van der Waals surface area contributed by atoms with Gasteiger partial charge in [-0.05, 0) is 31.1 Å². The third-order valence-corrected chi connectivity index (χ3v) is 3.92. The van der Waals surface area contributed by atoms with E-state index in [4.69, 9.17) is 0 Å². The lowest BCUT2D eigenvalue weighted by Crippen LogP contribution is -2.32. The number of aliphatic hydroxyl groups is 1. The van der Waals surface area contributed by atoms with E-state index in [-0.39, 0.29) is 23.4 Å². The van der Waals surface area contributed by atoms with Gasteiger partial charge in [0.2, 0.25) is 0 Å². The molecule has 2 aliphatic carbocycles. The average Bonchev–Trinajstić information content (AvgIpc) is 2.56. The lowest BCUT2D eigenvalue weighted by Gasteiger charge is -2.24. The SMILES string of the molecule is CC(C)(C)C(=O)[C@H]1[C@H]2CC[C@@H]1[C@H](O)C2. The third-order valence-electron chi connectivity index (χ3n) is 3.92. The van der Waals surface area contributed by atoms with E-state index in [1.54, 1.807) is 0 Å². The van der Waals surface area contributed by atoms with Crippen LogP contribution >= 0.6 is 0 Å². The molecule has 2 heteroatoms. The van der Waals surface area contributed by atoms with Crippen molar-refractivity contribution in [2.24, 2.45) is 23.2 Å². The summed E-state index contributed by atoms with van der Waals surface area (Å²) in [6.45, 7) is 5.96. The zero-order valence-corrected chi connectivity index (χ0v) is 9.29. The summed E-state index contributed by atoms with van der Waals surface area (Å²) in [6, 6.07) is 0. The van der Waals surface area contributed by atoms with Gasteiger partial charge in [-0.15, -0.1) is 0 Å². The maximum absolute atomic E-state index is 12.2. The average molecular weight is 196 g/mol. The lowest BCUT2D eigenvalue weighted by atomic mass is 9.78. The molecule has 14 heavy (non-hydrogen) atoms. The first-order valence-electron chi connectivity index (χ1n) is 5.63. The van der Waals surface area contributed by atoms with E-state index in [9.17, 15) is 9.90 Å². The molecule has 0 heterocycles. The Morgan fingerprint density at radius 1 is 1.29 bits per heavy atom. The van der Waals surface area contributed by atoms with Crippen molar-refractivity contribution in [3.63, 3.8) is 0 Å². The molecule has 2 nitrogen and oxygen atoms in total. The fourth-order valence-electron chi connectivity index (χ4n) is 3.20. The molecule has 2 saturated carbocycles. The smallest absolute Gasteiger partial charge is 0.141 e. The van der Waals surface area contributed by atoms with E-state index < -0.39 is 0 Å². The summed E-state index contributed by atoms with van der Waals surface area (Å²) in [4.78, 5) is 12.2. The van der Waals surface area contributed by atoms with Crippen LogP contribution in [0.1, 0.15) is 40.0 Å². The molecule has 2 rings (SSSR count). The standard InChI is InChI=1S/C12H20O2/c1-12(2,3)11(14)10-7-4-5-8(10)9(13)6-7/h7-10,13H,4-6H2,1-3H3/t7-,8+,9+,10-/m0/s1. The van der Waals surface area contributed by atoms with Gasteiger partial charge in [0.25, 0.3) is 0 Å². The molecule has 0 aromatic rings. The molecule has 4 atom stereocenters. The second-order valence-corrected chi connectivity index (χ2v) is 5.94. The topological polar surface area (TPSA) is 37.3 Å². The van der Waals surface area contributed by atoms with Crippen molar-refractivity contribution in [2.45, 2.75) is 46.1 Å². The molecule has 0 aliphatic heterocycles. The van der Waals surface area contributed by atoms with Crippen molar-refractivity contribution >= 4 is 5.78 Å². The zero-order valence-electron chi connectivity index (χ0n) is 9.29. The van der Waals surface area contributed by atoms with Crippen LogP contribution in [0.3, 0.4) is 0 Å². The van der Waals surface area contributed by atoms with Crippen LogP contribution in [0.2, 0.25) is 0 Å². The van der Waals surface area contributed by atoms with Gasteiger partial charge in [0, 0.05) is 11.3 Å². The second-order valence-electron chi connectivity index (χ2n) is 5.94. The molecule has 0 aromatic heterocycles. The summed E-state index contributed by atoms with van der Waals surface area (Å²) in [5.41, 5.74) is -0.241. The van der Waals surface area contributed by atoms with E-state index >= 15 is 0 Å². The van der Waals surface area contributed by atoms with Gasteiger partial charge in [-0.2, -0.15) is 0 Å². The monoisotopic (exact) mass is 196 g/mol. The van der Waals surface area contributed by atoms with Gasteiger partial charge in [0.15, 0.2) is 0 Å². The summed E-state index contributed by atoms with van der Waals surface area (Å²) in [6.07, 6.45) is 2.86. The first-order chi connectivity index (χ1) is 6.41. The lowest BCUT2D eigenvalue weighted by molar-refractivity contribution is -0.132. The maximum atomic E-state index is 12.2. The van der Waals surface area contributed by atoms with Gasteiger partial charge in [-0.3, -0.25) is 4.79 Å². The third kappa shape index (κ3) is 1.40. The zero-order chi connectivity index (χ0) is 10.5. The molecule has 0 unspecified atom stereocenters. The molecular weight excluding hydrogens is 176 g/mol. The number of aliphatic hydroxyl groups excluding tert-OH is 1. The number of hydrogen-bond donors (Lipinski definition) is 1. The molecule has 2 fully saturated rings. The highest BCUT2D eigenvalue weighted by Crippen LogP contribution is 2.51. The van der Waals surface area contributed by atoms with Crippen LogP contribution in [-0.4, -0.2) is 17.0 Å². The minimum atomic E-state index is -0.241. The summed E-state index contributed by atoms with van der Waals surface area (Å²) in [7, 11) is 0. The molecule has 80 valence electrons. The van der Waals surface area contributed by atoms with Crippen LogP contribution in [0.15, 0.2) is 0 Å². The highest BCUT2D eigenvalue weighted by atomic mass is 16.3. The van der Waals surface area contributed by atoms with Crippen LogP contribution < -0.4 is 0 Å². The van der Waals surface area contributed by atoms with Crippen LogP contribution in [-0.2, 0) is 4.79 Å². The van der Waals surface area contributed by atoms with E-state index in [0.29, 0.717) is 11.7 Å². The highest BCUT2D eigenvalue weighted by Gasteiger charge is 2.52. The number of Topliss-reactive ketones (excluding diaryl/α,β-unsaturated/α-hetero) is 1. The van der Waals surface area contributed by atoms with E-state index in [0.717, 1.165) is 19.3 Å². The van der Waals surface area contributed by atoms with Gasteiger partial charge in [0.1, 0.15) is 5.78 Å². The Morgan fingerprint density at radius 3 is 2.29 bits per heavy atom. The van der Waals surface area contributed by atoms with Crippen LogP contribution in [0.5, 0.6) is 0 Å². The number of rotatable bonds is 1.